The van der Waals surface area contributed by atoms with Crippen LogP contribution in [-0.4, -0.2) is 12.4 Å². The molecule has 1 amide bonds. The molecule has 0 unspecified atom stereocenters. The highest BCUT2D eigenvalue weighted by atomic mass is 35.5. The molecule has 1 aromatic rings. The average molecular weight is 240 g/mol. The molecule has 0 aliphatic rings. The fraction of sp³-hybridized carbons (Fsp3) is 0.125. The van der Waals surface area contributed by atoms with Crippen molar-refractivity contribution in [3.05, 3.63) is 28.8 Å². The summed E-state index contributed by atoms with van der Waals surface area (Å²) >= 11 is 10.4. The molecule has 1 rings (SSSR count). The van der Waals surface area contributed by atoms with Crippen LogP contribution in [0, 0.1) is 11.6 Å². The van der Waals surface area contributed by atoms with Crippen molar-refractivity contribution in [1.29, 1.82) is 0 Å². The molecular weight excluding hydrogens is 235 g/mol. The first-order valence-corrected chi connectivity index (χ1v) is 4.27. The molecule has 0 atom stereocenters. The highest BCUT2D eigenvalue weighted by Gasteiger charge is 2.17. The molecule has 0 spiro atoms. The van der Waals surface area contributed by atoms with E-state index in [0.717, 1.165) is 17.0 Å². The molecule has 6 heteroatoms. The number of hydrogen-bond acceptors (Lipinski definition) is 1. The van der Waals surface area contributed by atoms with Gasteiger partial charge < -0.3 is 0 Å². The quantitative estimate of drug-likeness (QED) is 0.418. The van der Waals surface area contributed by atoms with Crippen LogP contribution in [0.25, 0.3) is 0 Å². The lowest BCUT2D eigenvalue weighted by molar-refractivity contribution is 0.265. The predicted molar refractivity (Wildman–Crippen MR) is 51.0 cm³/mol. The summed E-state index contributed by atoms with van der Waals surface area (Å²) in [6.45, 7) is 0. The third kappa shape index (κ3) is 1.96. The highest BCUT2D eigenvalue weighted by molar-refractivity contribution is 6.66. The second kappa shape index (κ2) is 4.11. The smallest absolute Gasteiger partial charge is 0.299 e. The van der Waals surface area contributed by atoms with Crippen LogP contribution in [0.1, 0.15) is 0 Å². The van der Waals surface area contributed by atoms with Crippen LogP contribution in [0.4, 0.5) is 19.3 Å². The Bertz CT molecular complexity index is 384. The van der Waals surface area contributed by atoms with E-state index in [1.165, 1.54) is 7.05 Å². The molecular formula is C8H5Cl2F2NO. The number of carbonyl (C=O) groups excluding carboxylic acids is 1. The fourth-order valence-corrected chi connectivity index (χ4v) is 1.12. The monoisotopic (exact) mass is 239 g/mol. The Morgan fingerprint density at radius 3 is 2.50 bits per heavy atom. The molecule has 2 nitrogen and oxygen atoms in total. The standard InChI is InChI=1S/C8H5Cl2F2NO/c1-13(8(10)14)5-3-2-4(11)6(9)7(5)12/h2-3H,1H3. The van der Waals surface area contributed by atoms with Gasteiger partial charge in [-0.3, -0.25) is 9.69 Å². The van der Waals surface area contributed by atoms with E-state index in [1.54, 1.807) is 0 Å². The zero-order chi connectivity index (χ0) is 10.9. The normalized spacial score (nSPS) is 10.1. The molecule has 0 radical (unpaired) electrons. The minimum absolute atomic E-state index is 0.170. The van der Waals surface area contributed by atoms with E-state index in [4.69, 9.17) is 23.2 Å². The van der Waals surface area contributed by atoms with Crippen LogP contribution in [0.15, 0.2) is 12.1 Å². The fourth-order valence-electron chi connectivity index (χ4n) is 0.869. The summed E-state index contributed by atoms with van der Waals surface area (Å²) < 4.78 is 26.0. The highest BCUT2D eigenvalue weighted by Crippen LogP contribution is 2.27. The number of anilines is 1. The third-order valence-corrected chi connectivity index (χ3v) is 2.24. The Morgan fingerprint density at radius 1 is 1.43 bits per heavy atom. The number of halogens is 4. The number of nitrogens with zero attached hydrogens (tertiary/aromatic N) is 1. The van der Waals surface area contributed by atoms with Gasteiger partial charge in [-0.25, -0.2) is 8.78 Å². The van der Waals surface area contributed by atoms with Gasteiger partial charge in [0.2, 0.25) is 0 Å². The summed E-state index contributed by atoms with van der Waals surface area (Å²) in [6.07, 6.45) is 0. The van der Waals surface area contributed by atoms with Crippen LogP contribution >= 0.6 is 23.2 Å². The lowest BCUT2D eigenvalue weighted by atomic mass is 10.3. The summed E-state index contributed by atoms with van der Waals surface area (Å²) in [6, 6.07) is 2.04. The van der Waals surface area contributed by atoms with Crippen LogP contribution in [-0.2, 0) is 0 Å². The number of carbonyl (C=O) groups is 1. The lowest BCUT2D eigenvalue weighted by Gasteiger charge is -2.14. The van der Waals surface area contributed by atoms with E-state index in [-0.39, 0.29) is 5.69 Å². The first-order chi connectivity index (χ1) is 6.45. The van der Waals surface area contributed by atoms with E-state index in [0.29, 0.717) is 0 Å². The van der Waals surface area contributed by atoms with Crippen molar-refractivity contribution in [2.75, 3.05) is 11.9 Å². The first kappa shape index (κ1) is 11.2. The minimum atomic E-state index is -1.01. The van der Waals surface area contributed by atoms with E-state index >= 15 is 0 Å². The van der Waals surface area contributed by atoms with E-state index in [2.05, 4.69) is 0 Å². The predicted octanol–water partition coefficient (Wildman–Crippen LogP) is 3.41. The maximum Gasteiger partial charge on any atom is 0.320 e. The van der Waals surface area contributed by atoms with Crippen molar-refractivity contribution >= 4 is 34.3 Å². The van der Waals surface area contributed by atoms with Crippen LogP contribution in [0.5, 0.6) is 0 Å². The van der Waals surface area contributed by atoms with Gasteiger partial charge in [0.25, 0.3) is 0 Å². The summed E-state index contributed by atoms with van der Waals surface area (Å²) in [5.74, 6) is -1.90. The molecule has 76 valence electrons. The lowest BCUT2D eigenvalue weighted by Crippen LogP contribution is -2.20. The Balaban J connectivity index is 3.24. The van der Waals surface area contributed by atoms with Gasteiger partial charge >= 0.3 is 5.37 Å². The molecule has 0 heterocycles. The van der Waals surface area contributed by atoms with Crippen LogP contribution in [0.2, 0.25) is 5.02 Å². The van der Waals surface area contributed by atoms with Gasteiger partial charge in [0.1, 0.15) is 10.8 Å². The third-order valence-electron chi connectivity index (χ3n) is 1.64. The van der Waals surface area contributed by atoms with Gasteiger partial charge in [-0.15, -0.1) is 0 Å². The summed E-state index contributed by atoms with van der Waals surface area (Å²) in [4.78, 5) is 11.5. The van der Waals surface area contributed by atoms with Gasteiger partial charge in [-0.2, -0.15) is 0 Å². The van der Waals surface area contributed by atoms with Crippen molar-refractivity contribution < 1.29 is 13.6 Å². The molecule has 0 aliphatic heterocycles. The maximum atomic E-state index is 13.2. The second-order valence-corrected chi connectivity index (χ2v) is 3.21. The maximum absolute atomic E-state index is 13.2. The van der Waals surface area contributed by atoms with Gasteiger partial charge in [-0.05, 0) is 23.7 Å². The molecule has 0 N–H and O–H groups in total. The summed E-state index contributed by atoms with van der Waals surface area (Å²) in [7, 11) is 1.25. The largest absolute Gasteiger partial charge is 0.320 e. The molecule has 1 aromatic carbocycles. The summed E-state index contributed by atoms with van der Waals surface area (Å²) in [5, 5.41) is -1.54. The van der Waals surface area contributed by atoms with E-state index in [9.17, 15) is 13.6 Å². The molecule has 0 aromatic heterocycles. The second-order valence-electron chi connectivity index (χ2n) is 2.51. The Hall–Kier alpha value is -0.870. The number of rotatable bonds is 1. The van der Waals surface area contributed by atoms with E-state index < -0.39 is 22.0 Å². The minimum Gasteiger partial charge on any atom is -0.299 e. The Morgan fingerprint density at radius 2 is 2.00 bits per heavy atom. The van der Waals surface area contributed by atoms with Crippen molar-refractivity contribution in [1.82, 2.24) is 0 Å². The zero-order valence-electron chi connectivity index (χ0n) is 7.02. The molecule has 0 saturated heterocycles. The van der Waals surface area contributed by atoms with Crippen molar-refractivity contribution in [2.45, 2.75) is 0 Å². The van der Waals surface area contributed by atoms with Crippen molar-refractivity contribution in [3.8, 4) is 0 Å². The van der Waals surface area contributed by atoms with Crippen molar-refractivity contribution in [2.24, 2.45) is 0 Å². The van der Waals surface area contributed by atoms with E-state index in [1.807, 2.05) is 0 Å². The molecule has 0 fully saturated rings. The van der Waals surface area contributed by atoms with Crippen LogP contribution in [0.3, 0.4) is 0 Å². The average Bonchev–Trinajstić information content (AvgIpc) is 2.13. The van der Waals surface area contributed by atoms with Gasteiger partial charge in [0.05, 0.1) is 5.69 Å². The van der Waals surface area contributed by atoms with Gasteiger partial charge in [0, 0.05) is 7.05 Å². The van der Waals surface area contributed by atoms with Crippen molar-refractivity contribution in [3.63, 3.8) is 0 Å². The van der Waals surface area contributed by atoms with Gasteiger partial charge in [0.15, 0.2) is 5.82 Å². The summed E-state index contributed by atoms with van der Waals surface area (Å²) in [5.41, 5.74) is -0.170. The number of amides is 1. The zero-order valence-corrected chi connectivity index (χ0v) is 8.53. The Labute approximate surface area is 89.0 Å². The van der Waals surface area contributed by atoms with Crippen LogP contribution < -0.4 is 4.90 Å². The molecule has 0 saturated carbocycles. The molecule has 0 aliphatic carbocycles. The SMILES string of the molecule is CN(C(=O)Cl)c1ccc(F)c(Cl)c1F. The number of hydrogen-bond donors (Lipinski definition) is 0. The first-order valence-electron chi connectivity index (χ1n) is 3.52. The molecule has 0 bridgehead atoms. The number of benzene rings is 1. The topological polar surface area (TPSA) is 20.3 Å². The molecule has 14 heavy (non-hydrogen) atoms. The Kier molecular flexibility index (Phi) is 3.29. The van der Waals surface area contributed by atoms with Gasteiger partial charge in [-0.1, -0.05) is 11.6 Å².